The Morgan fingerprint density at radius 3 is 2.52 bits per heavy atom. The molecule has 29 heavy (non-hydrogen) atoms. The third kappa shape index (κ3) is 2.41. The number of fused-ring (bicyclic) bond motifs is 5. The average Bonchev–Trinajstić information content (AvgIpc) is 3.35. The standard InChI is InChI=1S/C24H19N5/c1-16-19(15-28(27-16)17-9-3-2-4-10-17)24-25-20-12-6-5-11-18(20)23-26-21-13-7-8-14-22(21)29(23)24/h2-15,24-25H,1H3/t24-/m0/s1. The smallest absolute Gasteiger partial charge is 0.145 e. The van der Waals surface area contributed by atoms with Gasteiger partial charge in [0.25, 0.3) is 0 Å². The van der Waals surface area contributed by atoms with Crippen LogP contribution in [0.15, 0.2) is 85.1 Å². The summed E-state index contributed by atoms with van der Waals surface area (Å²) in [5, 5.41) is 8.52. The van der Waals surface area contributed by atoms with Gasteiger partial charge in [0, 0.05) is 23.0 Å². The molecule has 140 valence electrons. The molecule has 5 nitrogen and oxygen atoms in total. The Balaban J connectivity index is 1.58. The number of imidazole rings is 1. The van der Waals surface area contributed by atoms with Gasteiger partial charge < -0.3 is 5.32 Å². The summed E-state index contributed by atoms with van der Waals surface area (Å²) in [5.74, 6) is 0.984. The van der Waals surface area contributed by atoms with Crippen LogP contribution in [0.1, 0.15) is 17.4 Å². The van der Waals surface area contributed by atoms with E-state index in [0.29, 0.717) is 0 Å². The molecule has 0 saturated heterocycles. The Bertz CT molecular complexity index is 1350. The quantitative estimate of drug-likeness (QED) is 0.462. The molecule has 0 bridgehead atoms. The van der Waals surface area contributed by atoms with E-state index in [1.165, 1.54) is 0 Å². The minimum absolute atomic E-state index is 0.0789. The molecule has 5 aromatic rings. The molecule has 3 heterocycles. The van der Waals surface area contributed by atoms with Crippen LogP contribution in [-0.2, 0) is 0 Å². The fourth-order valence-electron chi connectivity index (χ4n) is 4.18. The molecule has 6 rings (SSSR count). The first-order chi connectivity index (χ1) is 14.3. The van der Waals surface area contributed by atoms with E-state index in [4.69, 9.17) is 10.1 Å². The molecule has 0 aliphatic carbocycles. The van der Waals surface area contributed by atoms with E-state index < -0.39 is 0 Å². The van der Waals surface area contributed by atoms with Gasteiger partial charge in [-0.3, -0.25) is 4.57 Å². The van der Waals surface area contributed by atoms with E-state index in [9.17, 15) is 0 Å². The lowest BCUT2D eigenvalue weighted by molar-refractivity contribution is 0.665. The predicted molar refractivity (Wildman–Crippen MR) is 115 cm³/mol. The van der Waals surface area contributed by atoms with E-state index in [1.807, 2.05) is 28.9 Å². The van der Waals surface area contributed by atoms with Crippen molar-refractivity contribution in [1.82, 2.24) is 19.3 Å². The van der Waals surface area contributed by atoms with Gasteiger partial charge in [-0.05, 0) is 43.3 Å². The van der Waals surface area contributed by atoms with Crippen LogP contribution in [0.5, 0.6) is 0 Å². The summed E-state index contributed by atoms with van der Waals surface area (Å²) < 4.78 is 4.24. The zero-order valence-electron chi connectivity index (χ0n) is 15.9. The third-order valence-corrected chi connectivity index (χ3v) is 5.57. The van der Waals surface area contributed by atoms with Crippen molar-refractivity contribution in [2.45, 2.75) is 13.1 Å². The molecule has 2 aromatic heterocycles. The van der Waals surface area contributed by atoms with Crippen LogP contribution in [0.25, 0.3) is 28.1 Å². The number of benzene rings is 3. The van der Waals surface area contributed by atoms with Crippen LogP contribution in [0.3, 0.4) is 0 Å². The summed E-state index contributed by atoms with van der Waals surface area (Å²) in [6, 6.07) is 26.9. The maximum absolute atomic E-state index is 4.96. The largest absolute Gasteiger partial charge is 0.360 e. The van der Waals surface area contributed by atoms with E-state index in [2.05, 4.69) is 77.6 Å². The number of para-hydroxylation sites is 4. The van der Waals surface area contributed by atoms with Gasteiger partial charge in [0.05, 0.1) is 22.4 Å². The van der Waals surface area contributed by atoms with Crippen molar-refractivity contribution in [1.29, 1.82) is 0 Å². The fourth-order valence-corrected chi connectivity index (χ4v) is 4.18. The lowest BCUT2D eigenvalue weighted by Crippen LogP contribution is -2.25. The third-order valence-electron chi connectivity index (χ3n) is 5.57. The summed E-state index contributed by atoms with van der Waals surface area (Å²) in [5.41, 5.74) is 7.50. The molecule has 3 aromatic carbocycles. The van der Waals surface area contributed by atoms with Crippen LogP contribution in [0.2, 0.25) is 0 Å². The summed E-state index contributed by atoms with van der Waals surface area (Å²) in [4.78, 5) is 4.96. The SMILES string of the molecule is Cc1nn(-c2ccccc2)cc1[C@H]1Nc2ccccc2-c2nc3ccccc3n21. The minimum Gasteiger partial charge on any atom is -0.360 e. The molecule has 0 fully saturated rings. The summed E-state index contributed by atoms with van der Waals surface area (Å²) in [7, 11) is 0. The highest BCUT2D eigenvalue weighted by Crippen LogP contribution is 2.41. The highest BCUT2D eigenvalue weighted by molar-refractivity contribution is 5.86. The van der Waals surface area contributed by atoms with Gasteiger partial charge in [0.2, 0.25) is 0 Å². The molecule has 0 saturated carbocycles. The number of hydrogen-bond donors (Lipinski definition) is 1. The second-order valence-electron chi connectivity index (χ2n) is 7.34. The first-order valence-electron chi connectivity index (χ1n) is 9.74. The van der Waals surface area contributed by atoms with Crippen molar-refractivity contribution in [3.05, 3.63) is 96.3 Å². The summed E-state index contributed by atoms with van der Waals surface area (Å²) in [6.07, 6.45) is 2.04. The number of aryl methyl sites for hydroxylation is 1. The summed E-state index contributed by atoms with van der Waals surface area (Å²) >= 11 is 0. The first-order valence-corrected chi connectivity index (χ1v) is 9.74. The Kier molecular flexibility index (Phi) is 3.38. The van der Waals surface area contributed by atoms with Gasteiger partial charge in [0.1, 0.15) is 12.0 Å². The molecule has 0 spiro atoms. The molecule has 0 unspecified atom stereocenters. The summed E-state index contributed by atoms with van der Waals surface area (Å²) in [6.45, 7) is 2.07. The van der Waals surface area contributed by atoms with Crippen LogP contribution in [-0.4, -0.2) is 19.3 Å². The molecule has 5 heteroatoms. The topological polar surface area (TPSA) is 47.7 Å². The van der Waals surface area contributed by atoms with E-state index in [1.54, 1.807) is 0 Å². The monoisotopic (exact) mass is 377 g/mol. The molecule has 1 atom stereocenters. The maximum Gasteiger partial charge on any atom is 0.145 e. The zero-order valence-corrected chi connectivity index (χ0v) is 15.9. The van der Waals surface area contributed by atoms with E-state index in [-0.39, 0.29) is 6.17 Å². The van der Waals surface area contributed by atoms with Crippen molar-refractivity contribution < 1.29 is 0 Å². The van der Waals surface area contributed by atoms with E-state index >= 15 is 0 Å². The maximum atomic E-state index is 4.96. The van der Waals surface area contributed by atoms with Gasteiger partial charge >= 0.3 is 0 Å². The van der Waals surface area contributed by atoms with Gasteiger partial charge in [-0.1, -0.05) is 42.5 Å². The van der Waals surface area contributed by atoms with Crippen molar-refractivity contribution >= 4 is 16.7 Å². The minimum atomic E-state index is -0.0789. The molecular formula is C24H19N5. The number of aromatic nitrogens is 4. The first kappa shape index (κ1) is 16.1. The Hall–Kier alpha value is -3.86. The molecule has 1 aliphatic rings. The molecular weight excluding hydrogens is 358 g/mol. The second-order valence-corrected chi connectivity index (χ2v) is 7.34. The second kappa shape index (κ2) is 6.07. The Morgan fingerprint density at radius 1 is 0.862 bits per heavy atom. The molecule has 1 N–H and O–H groups in total. The van der Waals surface area contributed by atoms with Gasteiger partial charge in [-0.25, -0.2) is 9.67 Å². The highest BCUT2D eigenvalue weighted by atomic mass is 15.3. The highest BCUT2D eigenvalue weighted by Gasteiger charge is 2.30. The van der Waals surface area contributed by atoms with Crippen LogP contribution in [0.4, 0.5) is 5.69 Å². The zero-order chi connectivity index (χ0) is 19.4. The van der Waals surface area contributed by atoms with Gasteiger partial charge in [-0.2, -0.15) is 5.10 Å². The van der Waals surface area contributed by atoms with Crippen molar-refractivity contribution in [3.8, 4) is 17.1 Å². The molecule has 0 radical (unpaired) electrons. The Morgan fingerprint density at radius 2 is 1.62 bits per heavy atom. The van der Waals surface area contributed by atoms with Crippen LogP contribution >= 0.6 is 0 Å². The number of hydrogen-bond acceptors (Lipinski definition) is 3. The van der Waals surface area contributed by atoms with Crippen molar-refractivity contribution in [2.75, 3.05) is 5.32 Å². The fraction of sp³-hybridized carbons (Fsp3) is 0.0833. The van der Waals surface area contributed by atoms with Crippen molar-refractivity contribution in [3.63, 3.8) is 0 Å². The predicted octanol–water partition coefficient (Wildman–Crippen LogP) is 5.17. The van der Waals surface area contributed by atoms with Gasteiger partial charge in [0.15, 0.2) is 0 Å². The number of nitrogens with zero attached hydrogens (tertiary/aromatic N) is 4. The number of anilines is 1. The van der Waals surface area contributed by atoms with Crippen LogP contribution < -0.4 is 5.32 Å². The lowest BCUT2D eigenvalue weighted by atomic mass is 10.1. The molecule has 0 amide bonds. The lowest BCUT2D eigenvalue weighted by Gasteiger charge is -2.29. The number of nitrogens with one attached hydrogen (secondary N) is 1. The van der Waals surface area contributed by atoms with Crippen molar-refractivity contribution in [2.24, 2.45) is 0 Å². The normalized spacial score (nSPS) is 15.0. The van der Waals surface area contributed by atoms with Gasteiger partial charge in [-0.15, -0.1) is 0 Å². The number of rotatable bonds is 2. The van der Waals surface area contributed by atoms with E-state index in [0.717, 1.165) is 45.1 Å². The molecule has 1 aliphatic heterocycles. The average molecular weight is 377 g/mol. The van der Waals surface area contributed by atoms with Crippen LogP contribution in [0, 0.1) is 6.92 Å². The Labute approximate surface area is 168 Å².